The van der Waals surface area contributed by atoms with Gasteiger partial charge in [-0.05, 0) is 15.9 Å². The molecule has 1 atom stereocenters. The normalized spacial score (nSPS) is 13.7. The van der Waals surface area contributed by atoms with Crippen molar-refractivity contribution in [3.05, 3.63) is 33.3 Å². The lowest BCUT2D eigenvalue weighted by atomic mass is 10.2. The van der Waals surface area contributed by atoms with Crippen LogP contribution >= 0.6 is 15.9 Å². The maximum absolute atomic E-state index is 13.5. The Bertz CT molecular complexity index is 748. The summed E-state index contributed by atoms with van der Waals surface area (Å²) in [6, 6.07) is 0. The molecule has 14 heteroatoms. The van der Waals surface area contributed by atoms with E-state index >= 15 is 0 Å². The number of carbonyl (C=O) groups is 1. The van der Waals surface area contributed by atoms with E-state index < -0.39 is 67.4 Å². The number of esters is 1. The van der Waals surface area contributed by atoms with Crippen molar-refractivity contribution in [2.45, 2.75) is 12.3 Å². The van der Waals surface area contributed by atoms with Gasteiger partial charge in [-0.3, -0.25) is 4.55 Å². The molecular weight excluding hydrogens is 445 g/mol. The summed E-state index contributed by atoms with van der Waals surface area (Å²) in [5.74, 6) is -13.7. The van der Waals surface area contributed by atoms with Crippen molar-refractivity contribution in [2.75, 3.05) is 5.75 Å². The van der Waals surface area contributed by atoms with E-state index in [9.17, 15) is 43.9 Å². The molecule has 0 fully saturated rings. The van der Waals surface area contributed by atoms with E-state index in [-0.39, 0.29) is 0 Å². The standard InChI is InChI=1S/C10H4BrF7O5S/c11-4-7(14)5(12)3(6(13)8(4)15)9(19)23-2(10(16,17)18)1-24(20,21)22/h2H,1H2,(H,20,21,22). The predicted octanol–water partition coefficient (Wildman–Crippen LogP) is 2.98. The van der Waals surface area contributed by atoms with Gasteiger partial charge < -0.3 is 4.74 Å². The van der Waals surface area contributed by atoms with Crippen molar-refractivity contribution in [1.29, 1.82) is 0 Å². The number of ether oxygens (including phenoxy) is 1. The molecule has 0 saturated carbocycles. The number of carbonyl (C=O) groups excluding carboxylic acids is 1. The highest BCUT2D eigenvalue weighted by atomic mass is 79.9. The topological polar surface area (TPSA) is 80.7 Å². The minimum atomic E-state index is -5.56. The highest BCUT2D eigenvalue weighted by Gasteiger charge is 2.46. The van der Waals surface area contributed by atoms with Gasteiger partial charge in [0.05, 0.1) is 4.47 Å². The van der Waals surface area contributed by atoms with Gasteiger partial charge in [0.2, 0.25) is 6.10 Å². The Morgan fingerprint density at radius 2 is 1.50 bits per heavy atom. The van der Waals surface area contributed by atoms with Crippen molar-refractivity contribution >= 4 is 32.0 Å². The first-order chi connectivity index (χ1) is 10.7. The monoisotopic (exact) mass is 448 g/mol. The van der Waals surface area contributed by atoms with E-state index in [0.29, 0.717) is 0 Å². The maximum Gasteiger partial charge on any atom is 0.426 e. The average Bonchev–Trinajstić information content (AvgIpc) is 2.40. The molecule has 1 aromatic carbocycles. The van der Waals surface area contributed by atoms with E-state index in [1.165, 1.54) is 0 Å². The van der Waals surface area contributed by atoms with Crippen molar-refractivity contribution in [1.82, 2.24) is 0 Å². The van der Waals surface area contributed by atoms with Crippen LogP contribution in [0.2, 0.25) is 0 Å². The molecule has 0 aliphatic heterocycles. The Balaban J connectivity index is 3.32. The van der Waals surface area contributed by atoms with Crippen LogP contribution in [0.3, 0.4) is 0 Å². The van der Waals surface area contributed by atoms with Gasteiger partial charge in [0.25, 0.3) is 10.1 Å². The molecular formula is C10H4BrF7O5S. The highest BCUT2D eigenvalue weighted by Crippen LogP contribution is 2.30. The molecule has 0 heterocycles. The average molecular weight is 449 g/mol. The Kier molecular flexibility index (Phi) is 5.88. The Morgan fingerprint density at radius 3 is 1.83 bits per heavy atom. The fourth-order valence-corrected chi connectivity index (χ4v) is 2.35. The number of rotatable bonds is 4. The van der Waals surface area contributed by atoms with Crippen molar-refractivity contribution in [3.63, 3.8) is 0 Å². The first-order valence-corrected chi connectivity index (χ1v) is 7.81. The summed E-state index contributed by atoms with van der Waals surface area (Å²) in [7, 11) is -5.32. The van der Waals surface area contributed by atoms with Gasteiger partial charge in [-0.2, -0.15) is 21.6 Å². The molecule has 0 aromatic heterocycles. The zero-order valence-electron chi connectivity index (χ0n) is 10.8. The zero-order valence-corrected chi connectivity index (χ0v) is 13.2. The molecule has 0 amide bonds. The summed E-state index contributed by atoms with van der Waals surface area (Å²) < 4.78 is 123. The fraction of sp³-hybridized carbons (Fsp3) is 0.300. The molecule has 136 valence electrons. The third-order valence-electron chi connectivity index (χ3n) is 2.39. The van der Waals surface area contributed by atoms with E-state index in [1.807, 2.05) is 0 Å². The van der Waals surface area contributed by atoms with Gasteiger partial charge in [-0.1, -0.05) is 0 Å². The molecule has 1 aromatic rings. The van der Waals surface area contributed by atoms with Crippen LogP contribution in [0.4, 0.5) is 30.7 Å². The van der Waals surface area contributed by atoms with Gasteiger partial charge in [-0.25, -0.2) is 22.4 Å². The quantitative estimate of drug-likeness (QED) is 0.252. The van der Waals surface area contributed by atoms with Crippen LogP contribution in [0, 0.1) is 23.3 Å². The largest absolute Gasteiger partial charge is 0.448 e. The van der Waals surface area contributed by atoms with Crippen molar-refractivity contribution < 1.29 is 53.2 Å². The molecule has 0 bridgehead atoms. The van der Waals surface area contributed by atoms with Gasteiger partial charge in [0.15, 0.2) is 23.3 Å². The number of halogens is 8. The number of alkyl halides is 3. The van der Waals surface area contributed by atoms with E-state index in [2.05, 4.69) is 20.7 Å². The first kappa shape index (κ1) is 20.6. The summed E-state index contributed by atoms with van der Waals surface area (Å²) in [5, 5.41) is 0. The van der Waals surface area contributed by atoms with E-state index in [4.69, 9.17) is 4.55 Å². The highest BCUT2D eigenvalue weighted by molar-refractivity contribution is 9.10. The third-order valence-corrected chi connectivity index (χ3v) is 3.81. The molecule has 1 rings (SSSR count). The van der Waals surface area contributed by atoms with Crippen LogP contribution in [0.1, 0.15) is 10.4 Å². The van der Waals surface area contributed by atoms with Crippen LogP contribution in [-0.2, 0) is 14.9 Å². The van der Waals surface area contributed by atoms with E-state index in [1.54, 1.807) is 0 Å². The Labute approximate surface area is 137 Å². The smallest absolute Gasteiger partial charge is 0.426 e. The minimum absolute atomic E-state index is 1.36. The van der Waals surface area contributed by atoms with Crippen LogP contribution in [-0.4, -0.2) is 37.0 Å². The van der Waals surface area contributed by atoms with Crippen LogP contribution in [0.15, 0.2) is 4.47 Å². The number of hydrogen-bond acceptors (Lipinski definition) is 4. The third kappa shape index (κ3) is 4.57. The molecule has 0 spiro atoms. The van der Waals surface area contributed by atoms with Gasteiger partial charge in [-0.15, -0.1) is 0 Å². The van der Waals surface area contributed by atoms with Crippen molar-refractivity contribution in [3.8, 4) is 0 Å². The minimum Gasteiger partial charge on any atom is -0.448 e. The van der Waals surface area contributed by atoms with Crippen molar-refractivity contribution in [2.24, 2.45) is 0 Å². The molecule has 1 unspecified atom stereocenters. The lowest BCUT2D eigenvalue weighted by Gasteiger charge is -2.19. The van der Waals surface area contributed by atoms with E-state index in [0.717, 1.165) is 0 Å². The second-order valence-electron chi connectivity index (χ2n) is 4.13. The summed E-state index contributed by atoms with van der Waals surface area (Å²) >= 11 is 2.11. The fourth-order valence-electron chi connectivity index (χ4n) is 1.36. The first-order valence-electron chi connectivity index (χ1n) is 5.41. The molecule has 0 radical (unpaired) electrons. The van der Waals surface area contributed by atoms with Crippen LogP contribution in [0.5, 0.6) is 0 Å². The summed E-state index contributed by atoms with van der Waals surface area (Å²) in [5.41, 5.74) is -2.14. The zero-order chi connectivity index (χ0) is 19.0. The lowest BCUT2D eigenvalue weighted by Crippen LogP contribution is -2.40. The predicted molar refractivity (Wildman–Crippen MR) is 65.6 cm³/mol. The maximum atomic E-state index is 13.5. The second-order valence-corrected chi connectivity index (χ2v) is 6.42. The molecule has 0 saturated heterocycles. The number of benzene rings is 1. The number of hydrogen-bond donors (Lipinski definition) is 1. The molecule has 0 aliphatic carbocycles. The second kappa shape index (κ2) is 6.84. The lowest BCUT2D eigenvalue weighted by molar-refractivity contribution is -0.197. The van der Waals surface area contributed by atoms with Gasteiger partial charge >= 0.3 is 12.1 Å². The van der Waals surface area contributed by atoms with Gasteiger partial charge in [0, 0.05) is 0 Å². The SMILES string of the molecule is O=C(OC(CS(=O)(=O)O)C(F)(F)F)c1c(F)c(F)c(Br)c(F)c1F. The summed E-state index contributed by atoms with van der Waals surface area (Å²) in [6.45, 7) is 0. The Morgan fingerprint density at radius 1 is 1.08 bits per heavy atom. The molecule has 0 aliphatic rings. The van der Waals surface area contributed by atoms with Crippen LogP contribution in [0.25, 0.3) is 0 Å². The van der Waals surface area contributed by atoms with Gasteiger partial charge in [0.1, 0.15) is 11.3 Å². The molecule has 1 N–H and O–H groups in total. The van der Waals surface area contributed by atoms with Crippen LogP contribution < -0.4 is 0 Å². The summed E-state index contributed by atoms with van der Waals surface area (Å²) in [6.07, 6.45) is -9.10. The molecule has 24 heavy (non-hydrogen) atoms. The Hall–Kier alpha value is -1.41. The molecule has 5 nitrogen and oxygen atoms in total. The summed E-state index contributed by atoms with van der Waals surface area (Å²) in [4.78, 5) is 11.4.